The van der Waals surface area contributed by atoms with Gasteiger partial charge in [-0.3, -0.25) is 9.78 Å². The van der Waals surface area contributed by atoms with E-state index in [1.807, 2.05) is 12.1 Å². The summed E-state index contributed by atoms with van der Waals surface area (Å²) in [6.45, 7) is 4.18. The lowest BCUT2D eigenvalue weighted by atomic mass is 10.0. The van der Waals surface area contributed by atoms with E-state index in [0.29, 0.717) is 11.5 Å². The first-order chi connectivity index (χ1) is 12.4. The number of benzene rings is 1. The molecule has 1 aliphatic carbocycles. The molecule has 1 saturated carbocycles. The summed E-state index contributed by atoms with van der Waals surface area (Å²) in [7, 11) is -3.65. The number of pyridine rings is 1. The molecule has 1 amide bonds. The van der Waals surface area contributed by atoms with Crippen LogP contribution < -0.4 is 5.32 Å². The molecule has 0 spiro atoms. The lowest BCUT2D eigenvalue weighted by Crippen LogP contribution is -2.32. The van der Waals surface area contributed by atoms with E-state index in [1.54, 1.807) is 36.7 Å². The van der Waals surface area contributed by atoms with Crippen LogP contribution in [0, 0.1) is 5.92 Å². The molecule has 1 aromatic carbocycles. The fourth-order valence-electron chi connectivity index (χ4n) is 2.86. The number of carbonyl (C=O) groups is 1. The maximum Gasteiger partial charge on any atom is 0.223 e. The Morgan fingerprint density at radius 2 is 1.85 bits per heavy atom. The molecule has 0 radical (unpaired) electrons. The van der Waals surface area contributed by atoms with Gasteiger partial charge in [0.05, 0.1) is 4.90 Å². The van der Waals surface area contributed by atoms with Crippen molar-refractivity contribution in [2.45, 2.75) is 42.8 Å². The Morgan fingerprint density at radius 3 is 2.38 bits per heavy atom. The zero-order valence-electron chi connectivity index (χ0n) is 15.1. The number of sulfone groups is 1. The van der Waals surface area contributed by atoms with E-state index in [-0.39, 0.29) is 23.3 Å². The van der Waals surface area contributed by atoms with E-state index in [4.69, 9.17) is 0 Å². The Kier molecular flexibility index (Phi) is 5.41. The van der Waals surface area contributed by atoms with Crippen molar-refractivity contribution >= 4 is 15.7 Å². The van der Waals surface area contributed by atoms with Crippen LogP contribution in [0.3, 0.4) is 0 Å². The number of rotatable bonds is 7. The van der Waals surface area contributed by atoms with Crippen molar-refractivity contribution in [3.8, 4) is 0 Å². The monoisotopic (exact) mass is 372 g/mol. The van der Waals surface area contributed by atoms with Gasteiger partial charge in [0.2, 0.25) is 5.91 Å². The van der Waals surface area contributed by atoms with Gasteiger partial charge in [0.25, 0.3) is 0 Å². The molecule has 1 aromatic heterocycles. The van der Waals surface area contributed by atoms with E-state index < -0.39 is 15.1 Å². The molecule has 3 rings (SSSR count). The number of nitrogens with zero attached hydrogens (tertiary/aromatic N) is 1. The molecule has 1 fully saturated rings. The van der Waals surface area contributed by atoms with E-state index in [1.165, 1.54) is 0 Å². The third kappa shape index (κ3) is 4.12. The van der Waals surface area contributed by atoms with Crippen LogP contribution in [0.25, 0.3) is 0 Å². The van der Waals surface area contributed by atoms with Gasteiger partial charge in [-0.25, -0.2) is 8.42 Å². The normalized spacial score (nSPS) is 15.7. The minimum absolute atomic E-state index is 0.0394. The first-order valence-electron chi connectivity index (χ1n) is 8.91. The molecule has 1 heterocycles. The Balaban J connectivity index is 1.89. The highest BCUT2D eigenvalue weighted by molar-refractivity contribution is 7.91. The predicted octanol–water partition coefficient (Wildman–Crippen LogP) is 3.25. The molecule has 1 unspecified atom stereocenters. The van der Waals surface area contributed by atoms with Crippen molar-refractivity contribution in [3.63, 3.8) is 0 Å². The van der Waals surface area contributed by atoms with Crippen LogP contribution in [0.2, 0.25) is 0 Å². The molecular weight excluding hydrogens is 348 g/mol. The molecule has 2 aromatic rings. The summed E-state index contributed by atoms with van der Waals surface area (Å²) in [4.78, 5) is 16.3. The number of hydrogen-bond acceptors (Lipinski definition) is 4. The Hall–Kier alpha value is -2.21. The molecule has 6 heteroatoms. The van der Waals surface area contributed by atoms with Crippen LogP contribution in [0.5, 0.6) is 0 Å². The van der Waals surface area contributed by atoms with Gasteiger partial charge >= 0.3 is 0 Å². The highest BCUT2D eigenvalue weighted by Crippen LogP contribution is 2.31. The summed E-state index contributed by atoms with van der Waals surface area (Å²) < 4.78 is 26.5. The van der Waals surface area contributed by atoms with Gasteiger partial charge in [0, 0.05) is 24.9 Å². The van der Waals surface area contributed by atoms with Crippen molar-refractivity contribution in [1.29, 1.82) is 0 Å². The van der Waals surface area contributed by atoms with Gasteiger partial charge in [0.1, 0.15) is 5.25 Å². The van der Waals surface area contributed by atoms with Crippen molar-refractivity contribution in [2.75, 3.05) is 6.54 Å². The minimum Gasteiger partial charge on any atom is -0.354 e. The van der Waals surface area contributed by atoms with Crippen LogP contribution in [0.4, 0.5) is 0 Å². The first kappa shape index (κ1) is 18.6. The highest BCUT2D eigenvalue weighted by atomic mass is 32.2. The van der Waals surface area contributed by atoms with E-state index in [0.717, 1.165) is 18.4 Å². The molecular formula is C20H24N2O3S. The third-order valence-electron chi connectivity index (χ3n) is 4.72. The van der Waals surface area contributed by atoms with E-state index in [9.17, 15) is 13.2 Å². The van der Waals surface area contributed by atoms with Crippen LogP contribution >= 0.6 is 0 Å². The SMILES string of the molecule is CC(C)c1ccc(S(=O)(=O)C(CNC(=O)C2CC2)c2cccnc2)cc1. The summed E-state index contributed by atoms with van der Waals surface area (Å²) >= 11 is 0. The Labute approximate surface area is 154 Å². The van der Waals surface area contributed by atoms with Crippen molar-refractivity contribution < 1.29 is 13.2 Å². The number of nitrogens with one attached hydrogen (secondary N) is 1. The molecule has 0 aliphatic heterocycles. The predicted molar refractivity (Wildman–Crippen MR) is 100 cm³/mol. The van der Waals surface area contributed by atoms with Gasteiger partial charge in [-0.15, -0.1) is 0 Å². The van der Waals surface area contributed by atoms with Gasteiger partial charge in [-0.05, 0) is 48.1 Å². The summed E-state index contributed by atoms with van der Waals surface area (Å²) in [6, 6.07) is 10.4. The van der Waals surface area contributed by atoms with Crippen molar-refractivity contribution in [3.05, 3.63) is 59.9 Å². The second-order valence-corrected chi connectivity index (χ2v) is 9.19. The number of hydrogen-bond donors (Lipinski definition) is 1. The minimum atomic E-state index is -3.65. The average Bonchev–Trinajstić information content (AvgIpc) is 3.48. The largest absolute Gasteiger partial charge is 0.354 e. The third-order valence-corrected chi connectivity index (χ3v) is 6.83. The Bertz CT molecular complexity index is 858. The van der Waals surface area contributed by atoms with Crippen LogP contribution in [-0.2, 0) is 14.6 Å². The molecule has 26 heavy (non-hydrogen) atoms. The van der Waals surface area contributed by atoms with E-state index >= 15 is 0 Å². The zero-order valence-corrected chi connectivity index (χ0v) is 15.9. The maximum absolute atomic E-state index is 13.2. The zero-order chi connectivity index (χ0) is 18.7. The molecule has 1 N–H and O–H groups in total. The molecule has 0 bridgehead atoms. The molecule has 138 valence electrons. The van der Waals surface area contributed by atoms with Crippen LogP contribution in [-0.4, -0.2) is 25.9 Å². The summed E-state index contributed by atoms with van der Waals surface area (Å²) in [6.07, 6.45) is 4.92. The quantitative estimate of drug-likeness (QED) is 0.809. The molecule has 0 saturated heterocycles. The second-order valence-electron chi connectivity index (χ2n) is 7.06. The van der Waals surface area contributed by atoms with Gasteiger partial charge in [0.15, 0.2) is 9.84 Å². The van der Waals surface area contributed by atoms with Gasteiger partial charge in [-0.1, -0.05) is 32.0 Å². The fourth-order valence-corrected chi connectivity index (χ4v) is 4.51. The van der Waals surface area contributed by atoms with Crippen LogP contribution in [0.15, 0.2) is 53.7 Å². The van der Waals surface area contributed by atoms with Gasteiger partial charge in [-0.2, -0.15) is 0 Å². The summed E-state index contributed by atoms with van der Waals surface area (Å²) in [5, 5.41) is 1.95. The molecule has 1 aliphatic rings. The average molecular weight is 372 g/mol. The number of aromatic nitrogens is 1. The van der Waals surface area contributed by atoms with Crippen LogP contribution in [0.1, 0.15) is 49.0 Å². The summed E-state index contributed by atoms with van der Waals surface area (Å²) in [5.74, 6) is 0.306. The van der Waals surface area contributed by atoms with Crippen molar-refractivity contribution in [2.24, 2.45) is 5.92 Å². The first-order valence-corrected chi connectivity index (χ1v) is 10.5. The van der Waals surface area contributed by atoms with E-state index in [2.05, 4.69) is 24.1 Å². The topological polar surface area (TPSA) is 76.1 Å². The fraction of sp³-hybridized carbons (Fsp3) is 0.400. The van der Waals surface area contributed by atoms with Gasteiger partial charge < -0.3 is 5.32 Å². The molecule has 5 nitrogen and oxygen atoms in total. The number of carbonyl (C=O) groups excluding carboxylic acids is 1. The maximum atomic E-state index is 13.2. The number of amides is 1. The Morgan fingerprint density at radius 1 is 1.15 bits per heavy atom. The highest BCUT2D eigenvalue weighted by Gasteiger charge is 2.33. The lowest BCUT2D eigenvalue weighted by molar-refractivity contribution is -0.122. The molecule has 1 atom stereocenters. The van der Waals surface area contributed by atoms with Crippen molar-refractivity contribution in [1.82, 2.24) is 10.3 Å². The smallest absolute Gasteiger partial charge is 0.223 e. The standard InChI is InChI=1S/C20H24N2O3S/c1-14(2)15-7-9-18(10-8-15)26(24,25)19(17-4-3-11-21-12-17)13-22-20(23)16-5-6-16/h3-4,7-12,14,16,19H,5-6,13H2,1-2H3,(H,22,23). The lowest BCUT2D eigenvalue weighted by Gasteiger charge is -2.19. The second kappa shape index (κ2) is 7.58. The summed E-state index contributed by atoms with van der Waals surface area (Å²) in [5.41, 5.74) is 1.67.